The lowest BCUT2D eigenvalue weighted by Gasteiger charge is -2.73. The van der Waals surface area contributed by atoms with E-state index in [4.69, 9.17) is 4.74 Å². The molecule has 0 aliphatic heterocycles. The normalized spacial score (nSPS) is 50.3. The Bertz CT molecular complexity index is 846. The lowest BCUT2D eigenvalue weighted by molar-refractivity contribution is -0.241. The van der Waals surface area contributed by atoms with Crippen LogP contribution in [0.1, 0.15) is 138 Å². The number of carbonyl (C=O) groups excluding carboxylic acids is 1. The topological polar surface area (TPSA) is 26.3 Å². The summed E-state index contributed by atoms with van der Waals surface area (Å²) >= 11 is 0. The third-order valence-electron chi connectivity index (χ3n) is 14.8. The van der Waals surface area contributed by atoms with Gasteiger partial charge < -0.3 is 4.74 Å². The molecule has 10 atom stereocenters. The van der Waals surface area contributed by atoms with Crippen LogP contribution in [0, 0.1) is 62.6 Å². The molecule has 0 aromatic rings. The minimum atomic E-state index is -0.0401. The molecule has 2 nitrogen and oxygen atoms in total. The van der Waals surface area contributed by atoms with Gasteiger partial charge in [-0.25, -0.2) is 0 Å². The summed E-state index contributed by atoms with van der Waals surface area (Å²) in [6.45, 7) is 18.8. The third kappa shape index (κ3) is 3.71. The Morgan fingerprint density at radius 3 is 2.08 bits per heavy atom. The first-order valence-corrected chi connectivity index (χ1v) is 15.9. The van der Waals surface area contributed by atoms with Gasteiger partial charge in [0.15, 0.2) is 0 Å². The second-order valence-electron chi connectivity index (χ2n) is 16.3. The number of esters is 1. The Labute approximate surface area is 223 Å². The fraction of sp³-hybridized carbons (Fsp3) is 0.971. The minimum Gasteiger partial charge on any atom is -0.469 e. The molecule has 0 N–H and O–H groups in total. The smallest absolute Gasteiger partial charge is 0.305 e. The Kier molecular flexibility index (Phi) is 6.77. The molecule has 36 heavy (non-hydrogen) atoms. The number of carbonyl (C=O) groups is 1. The fourth-order valence-electron chi connectivity index (χ4n) is 12.9. The number of rotatable bonds is 5. The van der Waals surface area contributed by atoms with Crippen molar-refractivity contribution in [3.8, 4) is 0 Å². The summed E-state index contributed by atoms with van der Waals surface area (Å²) in [5.74, 6) is 5.18. The summed E-state index contributed by atoms with van der Waals surface area (Å²) in [6, 6.07) is 0. The molecule has 0 saturated heterocycles. The van der Waals surface area contributed by atoms with Crippen LogP contribution in [0.3, 0.4) is 0 Å². The van der Waals surface area contributed by atoms with Crippen molar-refractivity contribution in [3.63, 3.8) is 0 Å². The standard InChI is InChI=1S/C34H58O2/c1-23(11-9-12-29(35)36-8)24-15-20-31(4)25(24)16-21-33(6)27(31)13-14-28-32(5)19-10-18-30(2,3)26(32)17-22-34(28,33)7/h23-28H,9-22H2,1-8H3/t23?,24-,25+,26+,27-,28-,31+,32+,33-,34-/m1/s1. The zero-order valence-electron chi connectivity index (χ0n) is 25.2. The van der Waals surface area contributed by atoms with E-state index in [0.29, 0.717) is 33.5 Å². The average Bonchev–Trinajstić information content (AvgIpc) is 3.16. The molecule has 5 aliphatic rings. The number of fused-ring (bicyclic) bond motifs is 7. The number of hydrogen-bond donors (Lipinski definition) is 0. The molecule has 1 unspecified atom stereocenters. The van der Waals surface area contributed by atoms with Crippen LogP contribution in [0.25, 0.3) is 0 Å². The van der Waals surface area contributed by atoms with E-state index in [-0.39, 0.29) is 5.97 Å². The highest BCUT2D eigenvalue weighted by molar-refractivity contribution is 5.68. The van der Waals surface area contributed by atoms with E-state index in [1.807, 2.05) is 0 Å². The van der Waals surface area contributed by atoms with Crippen LogP contribution in [0.5, 0.6) is 0 Å². The van der Waals surface area contributed by atoms with Crippen molar-refractivity contribution < 1.29 is 9.53 Å². The van der Waals surface area contributed by atoms with E-state index in [0.717, 1.165) is 41.9 Å². The highest BCUT2D eigenvalue weighted by atomic mass is 16.5. The molecule has 0 aromatic heterocycles. The van der Waals surface area contributed by atoms with Gasteiger partial charge in [0.05, 0.1) is 7.11 Å². The summed E-state index contributed by atoms with van der Waals surface area (Å²) in [5.41, 5.74) is 2.60. The first-order chi connectivity index (χ1) is 16.8. The molecule has 5 saturated carbocycles. The molecule has 2 heteroatoms. The molecule has 0 amide bonds. The highest BCUT2D eigenvalue weighted by Gasteiger charge is 2.70. The monoisotopic (exact) mass is 498 g/mol. The maximum atomic E-state index is 11.7. The SMILES string of the molecule is COC(=O)CCCC(C)[C@H]1CC[C@]2(C)[C@H]3CC[C@@H]4[C@@]5(C)CCCC(C)(C)[C@@H]5CC[C@@]4(C)[C@]3(C)CC[C@@H]12. The van der Waals surface area contributed by atoms with Crippen molar-refractivity contribution in [2.24, 2.45) is 62.6 Å². The van der Waals surface area contributed by atoms with E-state index >= 15 is 0 Å². The first kappa shape index (κ1) is 27.1. The summed E-state index contributed by atoms with van der Waals surface area (Å²) in [6.07, 6.45) is 18.8. The lowest BCUT2D eigenvalue weighted by atomic mass is 9.32. The number of ether oxygens (including phenoxy) is 1. The maximum absolute atomic E-state index is 11.7. The number of hydrogen-bond acceptors (Lipinski definition) is 2. The Balaban J connectivity index is 1.37. The van der Waals surface area contributed by atoms with Crippen LogP contribution in [-0.2, 0) is 9.53 Å². The number of methoxy groups -OCH3 is 1. The van der Waals surface area contributed by atoms with Gasteiger partial charge in [0.2, 0.25) is 0 Å². The molecular formula is C34H58O2. The van der Waals surface area contributed by atoms with Gasteiger partial charge in [-0.2, -0.15) is 0 Å². The average molecular weight is 499 g/mol. The molecule has 0 radical (unpaired) electrons. The van der Waals surface area contributed by atoms with E-state index in [2.05, 4.69) is 48.5 Å². The molecule has 5 rings (SSSR count). The van der Waals surface area contributed by atoms with Gasteiger partial charge in [-0.3, -0.25) is 4.79 Å². The molecule has 5 aliphatic carbocycles. The zero-order valence-corrected chi connectivity index (χ0v) is 25.2. The van der Waals surface area contributed by atoms with E-state index in [1.165, 1.54) is 84.2 Å². The van der Waals surface area contributed by atoms with E-state index < -0.39 is 0 Å². The van der Waals surface area contributed by atoms with E-state index in [1.54, 1.807) is 0 Å². The summed E-state index contributed by atoms with van der Waals surface area (Å²) in [4.78, 5) is 11.7. The largest absolute Gasteiger partial charge is 0.469 e. The maximum Gasteiger partial charge on any atom is 0.305 e. The van der Waals surface area contributed by atoms with Crippen LogP contribution in [0.15, 0.2) is 0 Å². The quantitative estimate of drug-likeness (QED) is 0.353. The van der Waals surface area contributed by atoms with Crippen molar-refractivity contribution in [2.75, 3.05) is 7.11 Å². The zero-order chi connectivity index (χ0) is 26.1. The van der Waals surface area contributed by atoms with Gasteiger partial charge in [-0.05, 0) is 140 Å². The predicted octanol–water partition coefficient (Wildman–Crippen LogP) is 9.46. The first-order valence-electron chi connectivity index (χ1n) is 15.9. The van der Waals surface area contributed by atoms with Crippen molar-refractivity contribution >= 4 is 5.97 Å². The van der Waals surface area contributed by atoms with Gasteiger partial charge in [0.25, 0.3) is 0 Å². The fourth-order valence-corrected chi connectivity index (χ4v) is 12.9. The molecule has 0 heterocycles. The van der Waals surface area contributed by atoms with Crippen LogP contribution >= 0.6 is 0 Å². The van der Waals surface area contributed by atoms with Crippen LogP contribution in [0.2, 0.25) is 0 Å². The summed E-state index contributed by atoms with van der Waals surface area (Å²) < 4.78 is 4.89. The molecule has 0 bridgehead atoms. The summed E-state index contributed by atoms with van der Waals surface area (Å²) in [5, 5.41) is 0. The summed E-state index contributed by atoms with van der Waals surface area (Å²) in [7, 11) is 1.52. The molecule has 206 valence electrons. The van der Waals surface area contributed by atoms with Gasteiger partial charge in [-0.1, -0.05) is 54.9 Å². The van der Waals surface area contributed by atoms with Crippen molar-refractivity contribution in [2.45, 2.75) is 138 Å². The van der Waals surface area contributed by atoms with Crippen LogP contribution < -0.4 is 0 Å². The Morgan fingerprint density at radius 1 is 0.778 bits per heavy atom. The van der Waals surface area contributed by atoms with Crippen LogP contribution in [-0.4, -0.2) is 13.1 Å². The molecule has 0 spiro atoms. The molecule has 0 aromatic carbocycles. The van der Waals surface area contributed by atoms with Gasteiger partial charge in [0.1, 0.15) is 0 Å². The van der Waals surface area contributed by atoms with Crippen molar-refractivity contribution in [1.82, 2.24) is 0 Å². The lowest BCUT2D eigenvalue weighted by Crippen LogP contribution is -2.65. The van der Waals surface area contributed by atoms with Gasteiger partial charge in [0, 0.05) is 6.42 Å². The molecular weight excluding hydrogens is 440 g/mol. The van der Waals surface area contributed by atoms with Gasteiger partial charge in [-0.15, -0.1) is 0 Å². The second kappa shape index (κ2) is 9.01. The third-order valence-corrected chi connectivity index (χ3v) is 14.8. The molecule has 5 fully saturated rings. The highest BCUT2D eigenvalue weighted by Crippen LogP contribution is 2.78. The second-order valence-corrected chi connectivity index (χ2v) is 16.3. The van der Waals surface area contributed by atoms with E-state index in [9.17, 15) is 4.79 Å². The predicted molar refractivity (Wildman–Crippen MR) is 149 cm³/mol. The Hall–Kier alpha value is -0.530. The van der Waals surface area contributed by atoms with Crippen molar-refractivity contribution in [1.29, 1.82) is 0 Å². The Morgan fingerprint density at radius 2 is 1.42 bits per heavy atom. The van der Waals surface area contributed by atoms with Crippen LogP contribution in [0.4, 0.5) is 0 Å². The van der Waals surface area contributed by atoms with Crippen molar-refractivity contribution in [3.05, 3.63) is 0 Å². The minimum absolute atomic E-state index is 0.0401. The van der Waals surface area contributed by atoms with Gasteiger partial charge >= 0.3 is 5.97 Å².